The number of amides is 2. The summed E-state index contributed by atoms with van der Waals surface area (Å²) < 4.78 is 0. The highest BCUT2D eigenvalue weighted by Gasteiger charge is 2.22. The number of benzene rings is 3. The lowest BCUT2D eigenvalue weighted by atomic mass is 9.90. The van der Waals surface area contributed by atoms with Crippen LogP contribution in [0.2, 0.25) is 0 Å². The van der Waals surface area contributed by atoms with Crippen molar-refractivity contribution in [3.63, 3.8) is 0 Å². The first-order valence-electron chi connectivity index (χ1n) is 9.62. The summed E-state index contributed by atoms with van der Waals surface area (Å²) in [5, 5.41) is 26.9. The number of carbonyl (C=O) groups is 2. The largest absolute Gasteiger partial charge is 0.507 e. The second-order valence-electron chi connectivity index (χ2n) is 6.77. The van der Waals surface area contributed by atoms with E-state index in [0.29, 0.717) is 0 Å². The van der Waals surface area contributed by atoms with Crippen LogP contribution in [0, 0.1) is 10.1 Å². The van der Waals surface area contributed by atoms with Gasteiger partial charge >= 0.3 is 0 Å². The van der Waals surface area contributed by atoms with E-state index in [1.54, 1.807) is 0 Å². The van der Waals surface area contributed by atoms with Gasteiger partial charge in [0.1, 0.15) is 5.75 Å². The van der Waals surface area contributed by atoms with Gasteiger partial charge in [-0.15, -0.1) is 0 Å². The molecule has 9 nitrogen and oxygen atoms in total. The number of nitro groups is 1. The number of rotatable bonds is 8. The third-order valence-electron chi connectivity index (χ3n) is 4.57. The van der Waals surface area contributed by atoms with Gasteiger partial charge in [0.25, 0.3) is 11.6 Å². The van der Waals surface area contributed by atoms with Gasteiger partial charge in [-0.2, -0.15) is 5.10 Å². The van der Waals surface area contributed by atoms with Crippen molar-refractivity contribution in [2.24, 2.45) is 5.10 Å². The van der Waals surface area contributed by atoms with Crippen LogP contribution in [0.5, 0.6) is 5.75 Å². The highest BCUT2D eigenvalue weighted by atomic mass is 16.6. The zero-order chi connectivity index (χ0) is 22.9. The van der Waals surface area contributed by atoms with E-state index < -0.39 is 16.7 Å². The van der Waals surface area contributed by atoms with Crippen molar-refractivity contribution in [1.29, 1.82) is 0 Å². The molecule has 0 unspecified atom stereocenters. The molecule has 0 spiro atoms. The molecule has 0 heterocycles. The van der Waals surface area contributed by atoms with E-state index >= 15 is 0 Å². The summed E-state index contributed by atoms with van der Waals surface area (Å²) in [6, 6.07) is 21.9. The molecule has 0 radical (unpaired) electrons. The van der Waals surface area contributed by atoms with E-state index in [2.05, 4.69) is 15.8 Å². The van der Waals surface area contributed by atoms with E-state index in [0.717, 1.165) is 35.5 Å². The van der Waals surface area contributed by atoms with Gasteiger partial charge < -0.3 is 10.4 Å². The van der Waals surface area contributed by atoms with E-state index in [1.165, 1.54) is 0 Å². The Bertz CT molecular complexity index is 1090. The van der Waals surface area contributed by atoms with Crippen molar-refractivity contribution in [3.8, 4) is 5.75 Å². The van der Waals surface area contributed by atoms with Crippen LogP contribution in [0.1, 0.15) is 22.6 Å². The number of hydrazone groups is 1. The average molecular weight is 432 g/mol. The lowest BCUT2D eigenvalue weighted by molar-refractivity contribution is -0.384. The van der Waals surface area contributed by atoms with Crippen LogP contribution in [-0.4, -0.2) is 34.6 Å². The molecule has 3 aromatic carbocycles. The molecule has 0 saturated carbocycles. The van der Waals surface area contributed by atoms with Crippen LogP contribution in [0.15, 0.2) is 84.0 Å². The Kier molecular flexibility index (Phi) is 7.26. The van der Waals surface area contributed by atoms with Crippen LogP contribution < -0.4 is 10.7 Å². The van der Waals surface area contributed by atoms with Gasteiger partial charge in [-0.3, -0.25) is 19.7 Å². The van der Waals surface area contributed by atoms with Crippen molar-refractivity contribution < 1.29 is 19.6 Å². The van der Waals surface area contributed by atoms with Crippen molar-refractivity contribution in [3.05, 3.63) is 106 Å². The van der Waals surface area contributed by atoms with Gasteiger partial charge in [0.2, 0.25) is 5.91 Å². The summed E-state index contributed by atoms with van der Waals surface area (Å²) in [4.78, 5) is 35.2. The quantitative estimate of drug-likeness (QED) is 0.286. The van der Waals surface area contributed by atoms with E-state index in [9.17, 15) is 24.8 Å². The fourth-order valence-electron chi connectivity index (χ4n) is 3.03. The first-order valence-corrected chi connectivity index (χ1v) is 9.62. The lowest BCUT2D eigenvalue weighted by Gasteiger charge is -2.17. The second-order valence-corrected chi connectivity index (χ2v) is 6.77. The molecule has 162 valence electrons. The summed E-state index contributed by atoms with van der Waals surface area (Å²) in [6.07, 6.45) is 1.08. The summed E-state index contributed by atoms with van der Waals surface area (Å²) in [6.45, 7) is -0.326. The van der Waals surface area contributed by atoms with E-state index in [-0.39, 0.29) is 29.5 Å². The molecule has 3 N–H and O–H groups in total. The molecule has 0 saturated heterocycles. The number of aromatic hydroxyl groups is 1. The number of nitrogens with zero attached hydrogens (tertiary/aromatic N) is 2. The number of nitrogens with one attached hydrogen (secondary N) is 2. The molecule has 0 aliphatic heterocycles. The first kappa shape index (κ1) is 22.2. The number of phenols is 1. The van der Waals surface area contributed by atoms with Gasteiger partial charge in [0.15, 0.2) is 0 Å². The molecule has 3 aromatic rings. The van der Waals surface area contributed by atoms with Gasteiger partial charge in [-0.25, -0.2) is 5.43 Å². The predicted molar refractivity (Wildman–Crippen MR) is 118 cm³/mol. The Labute approximate surface area is 183 Å². The number of hydrogen-bond acceptors (Lipinski definition) is 6. The van der Waals surface area contributed by atoms with Crippen LogP contribution >= 0.6 is 0 Å². The molecular formula is C23H20N4O5. The molecule has 0 atom stereocenters. The summed E-state index contributed by atoms with van der Waals surface area (Å²) in [5.41, 5.74) is 3.63. The first-order chi connectivity index (χ1) is 15.5. The second kappa shape index (κ2) is 10.5. The number of hydrogen-bond donors (Lipinski definition) is 3. The normalized spacial score (nSPS) is 10.8. The number of phenolic OH excluding ortho intramolecular Hbond substituents is 1. The average Bonchev–Trinajstić information content (AvgIpc) is 2.80. The topological polar surface area (TPSA) is 134 Å². The van der Waals surface area contributed by atoms with Crippen LogP contribution in [0.25, 0.3) is 0 Å². The van der Waals surface area contributed by atoms with E-state index in [1.807, 2.05) is 60.7 Å². The minimum atomic E-state index is -0.610. The van der Waals surface area contributed by atoms with E-state index in [4.69, 9.17) is 0 Å². The standard InChI is InChI=1S/C23H20N4O5/c28-20-12-11-19(27(31)32)13-18(20)14-25-26-21(29)15-24-23(30)22(16-7-3-1-4-8-16)17-9-5-2-6-10-17/h1-14,22,28H,15H2,(H,24,30)(H,26,29)/b25-14+. The van der Waals surface area contributed by atoms with Crippen LogP contribution in [0.4, 0.5) is 5.69 Å². The van der Waals surface area contributed by atoms with Gasteiger partial charge in [-0.1, -0.05) is 60.7 Å². The number of non-ortho nitro benzene ring substituents is 1. The minimum absolute atomic E-state index is 0.0664. The monoisotopic (exact) mass is 432 g/mol. The summed E-state index contributed by atoms with van der Waals surface area (Å²) in [5.74, 6) is -1.76. The Hall–Kier alpha value is -4.53. The van der Waals surface area contributed by atoms with Crippen LogP contribution in [-0.2, 0) is 9.59 Å². The minimum Gasteiger partial charge on any atom is -0.507 e. The fraction of sp³-hybridized carbons (Fsp3) is 0.0870. The Balaban J connectivity index is 1.62. The molecule has 2 amide bonds. The molecule has 0 aliphatic carbocycles. The SMILES string of the molecule is O=C(CNC(=O)C(c1ccccc1)c1ccccc1)N/N=C/c1cc([N+](=O)[O-])ccc1O. The van der Waals surface area contributed by atoms with Crippen LogP contribution in [0.3, 0.4) is 0 Å². The highest BCUT2D eigenvalue weighted by Crippen LogP contribution is 2.24. The molecule has 0 bridgehead atoms. The summed E-state index contributed by atoms with van der Waals surface area (Å²) >= 11 is 0. The van der Waals surface area contributed by atoms with Crippen molar-refractivity contribution in [2.75, 3.05) is 6.54 Å². The maximum Gasteiger partial charge on any atom is 0.270 e. The molecule has 3 rings (SSSR count). The predicted octanol–water partition coefficient (Wildman–Crippen LogP) is 2.70. The van der Waals surface area contributed by atoms with Gasteiger partial charge in [-0.05, 0) is 17.2 Å². The molecule has 0 fully saturated rings. The lowest BCUT2D eigenvalue weighted by Crippen LogP contribution is -2.37. The van der Waals surface area contributed by atoms with Gasteiger partial charge in [0.05, 0.1) is 23.6 Å². The number of carbonyl (C=O) groups excluding carboxylic acids is 2. The maximum atomic E-state index is 12.9. The molecule has 0 aromatic heterocycles. The Morgan fingerprint density at radius 3 is 2.16 bits per heavy atom. The maximum absolute atomic E-state index is 12.9. The smallest absolute Gasteiger partial charge is 0.270 e. The third kappa shape index (κ3) is 5.76. The summed E-state index contributed by atoms with van der Waals surface area (Å²) in [7, 11) is 0. The Morgan fingerprint density at radius 1 is 1.00 bits per heavy atom. The van der Waals surface area contributed by atoms with Crippen molar-refractivity contribution in [1.82, 2.24) is 10.7 Å². The van der Waals surface area contributed by atoms with Crippen molar-refractivity contribution in [2.45, 2.75) is 5.92 Å². The molecular weight excluding hydrogens is 412 g/mol. The van der Waals surface area contributed by atoms with Crippen molar-refractivity contribution >= 4 is 23.7 Å². The molecule has 0 aliphatic rings. The zero-order valence-electron chi connectivity index (χ0n) is 16.8. The number of nitro benzene ring substituents is 1. The molecule has 9 heteroatoms. The third-order valence-corrected chi connectivity index (χ3v) is 4.57. The Morgan fingerprint density at radius 2 is 1.59 bits per heavy atom. The highest BCUT2D eigenvalue weighted by molar-refractivity contribution is 5.91. The fourth-order valence-corrected chi connectivity index (χ4v) is 3.03. The molecule has 32 heavy (non-hydrogen) atoms. The zero-order valence-corrected chi connectivity index (χ0v) is 16.8. The van der Waals surface area contributed by atoms with Gasteiger partial charge in [0, 0.05) is 17.7 Å².